The minimum absolute atomic E-state index is 0.210. The van der Waals surface area contributed by atoms with Crippen molar-refractivity contribution in [3.8, 4) is 22.3 Å². The zero-order valence-corrected chi connectivity index (χ0v) is 13.5. The van der Waals surface area contributed by atoms with Gasteiger partial charge in [0, 0.05) is 5.56 Å². The molecule has 2 heterocycles. The molecule has 0 aliphatic heterocycles. The molecule has 3 rings (SSSR count). The topological polar surface area (TPSA) is 133 Å². The first-order valence-corrected chi connectivity index (χ1v) is 7.99. The number of carbonyl (C=O) groups is 2. The second-order valence-electron chi connectivity index (χ2n) is 5.19. The molecule has 0 unspecified atom stereocenters. The van der Waals surface area contributed by atoms with Gasteiger partial charge in [-0.25, -0.2) is 9.59 Å². The number of aromatic carboxylic acids is 2. The van der Waals surface area contributed by atoms with Crippen LogP contribution < -0.4 is 11.3 Å². The van der Waals surface area contributed by atoms with Crippen LogP contribution >= 0.6 is 11.3 Å². The van der Waals surface area contributed by atoms with Gasteiger partial charge in [-0.3, -0.25) is 4.79 Å². The van der Waals surface area contributed by atoms with E-state index in [2.05, 4.69) is 4.98 Å². The molecule has 0 aliphatic carbocycles. The first kappa shape index (κ1) is 16.5. The highest BCUT2D eigenvalue weighted by atomic mass is 32.1. The number of anilines is 1. The number of carboxylic acids is 2. The zero-order chi connectivity index (χ0) is 18.1. The lowest BCUT2D eigenvalue weighted by molar-refractivity contribution is 0.0695. The Balaban J connectivity index is 2.27. The summed E-state index contributed by atoms with van der Waals surface area (Å²) in [5, 5.41) is 22.6. The average Bonchev–Trinajstić information content (AvgIpc) is 3.07. The number of pyridine rings is 1. The van der Waals surface area contributed by atoms with Gasteiger partial charge in [0.15, 0.2) is 0 Å². The molecule has 8 heteroatoms. The maximum absolute atomic E-state index is 12.0. The summed E-state index contributed by atoms with van der Waals surface area (Å²) in [5.74, 6) is -3.34. The maximum atomic E-state index is 12.0. The molecule has 25 heavy (non-hydrogen) atoms. The van der Waals surface area contributed by atoms with Crippen LogP contribution in [0.3, 0.4) is 0 Å². The largest absolute Gasteiger partial charge is 0.478 e. The summed E-state index contributed by atoms with van der Waals surface area (Å²) in [6.45, 7) is 0. The second kappa shape index (κ2) is 6.25. The van der Waals surface area contributed by atoms with Gasteiger partial charge in [-0.2, -0.15) is 11.3 Å². The normalized spacial score (nSPS) is 10.6. The number of aromatic nitrogens is 1. The van der Waals surface area contributed by atoms with Crippen molar-refractivity contribution in [1.82, 2.24) is 4.98 Å². The predicted molar refractivity (Wildman–Crippen MR) is 94.1 cm³/mol. The Morgan fingerprint density at radius 1 is 0.920 bits per heavy atom. The molecule has 0 bridgehead atoms. The molecule has 0 aliphatic rings. The Bertz CT molecular complexity index is 1020. The van der Waals surface area contributed by atoms with Gasteiger partial charge in [-0.1, -0.05) is 24.3 Å². The zero-order valence-electron chi connectivity index (χ0n) is 12.6. The lowest BCUT2D eigenvalue weighted by Crippen LogP contribution is -2.24. The van der Waals surface area contributed by atoms with E-state index in [1.54, 1.807) is 24.3 Å². The number of hydrogen-bond acceptors (Lipinski definition) is 5. The summed E-state index contributed by atoms with van der Waals surface area (Å²) in [6.07, 6.45) is 0. The summed E-state index contributed by atoms with van der Waals surface area (Å²) in [7, 11) is 0. The summed E-state index contributed by atoms with van der Waals surface area (Å²) in [6, 6.07) is 8.52. The van der Waals surface area contributed by atoms with E-state index in [9.17, 15) is 24.6 Å². The van der Waals surface area contributed by atoms with Gasteiger partial charge in [-0.05, 0) is 33.5 Å². The number of thiophene rings is 1. The monoisotopic (exact) mass is 356 g/mol. The van der Waals surface area contributed by atoms with Crippen LogP contribution in [0.25, 0.3) is 22.3 Å². The number of nitrogen functional groups attached to an aromatic ring is 1. The SMILES string of the molecule is Nc1[nH]c(=O)c(C(=O)O)c(-c2ccc(-c3ccsc3)cc2)c1C(=O)O. The van der Waals surface area contributed by atoms with Crippen LogP contribution in [0.5, 0.6) is 0 Å². The molecule has 0 spiro atoms. The Morgan fingerprint density at radius 2 is 1.52 bits per heavy atom. The quantitative estimate of drug-likeness (QED) is 0.568. The van der Waals surface area contributed by atoms with Crippen LogP contribution in [0.2, 0.25) is 0 Å². The molecule has 126 valence electrons. The molecule has 0 radical (unpaired) electrons. The fraction of sp³-hybridized carbons (Fsp3) is 0. The van der Waals surface area contributed by atoms with Crippen molar-refractivity contribution in [3.63, 3.8) is 0 Å². The van der Waals surface area contributed by atoms with E-state index in [1.165, 1.54) is 11.3 Å². The first-order valence-electron chi connectivity index (χ1n) is 7.05. The summed E-state index contributed by atoms with van der Waals surface area (Å²) in [4.78, 5) is 37.1. The highest BCUT2D eigenvalue weighted by molar-refractivity contribution is 7.08. The number of nitrogens with two attached hydrogens (primary N) is 1. The third kappa shape index (κ3) is 2.90. The van der Waals surface area contributed by atoms with Crippen LogP contribution in [0, 0.1) is 0 Å². The predicted octanol–water partition coefficient (Wildman–Crippen LogP) is 2.75. The number of rotatable bonds is 4. The van der Waals surface area contributed by atoms with Crippen molar-refractivity contribution >= 4 is 29.1 Å². The van der Waals surface area contributed by atoms with Crippen molar-refractivity contribution in [2.75, 3.05) is 5.73 Å². The number of hydrogen-bond donors (Lipinski definition) is 4. The molecule has 1 aromatic carbocycles. The highest BCUT2D eigenvalue weighted by Crippen LogP contribution is 2.31. The van der Waals surface area contributed by atoms with Crippen molar-refractivity contribution in [3.05, 3.63) is 62.6 Å². The van der Waals surface area contributed by atoms with E-state index >= 15 is 0 Å². The molecule has 0 atom stereocenters. The van der Waals surface area contributed by atoms with E-state index in [4.69, 9.17) is 5.73 Å². The Morgan fingerprint density at radius 3 is 2.04 bits per heavy atom. The molecular weight excluding hydrogens is 344 g/mol. The van der Waals surface area contributed by atoms with E-state index in [-0.39, 0.29) is 16.9 Å². The molecular formula is C17H12N2O5S. The second-order valence-corrected chi connectivity index (χ2v) is 5.97. The summed E-state index contributed by atoms with van der Waals surface area (Å²) >= 11 is 1.53. The molecule has 0 fully saturated rings. The summed E-state index contributed by atoms with van der Waals surface area (Å²) in [5.41, 5.74) is 5.50. The molecule has 2 aromatic heterocycles. The Kier molecular flexibility index (Phi) is 4.12. The van der Waals surface area contributed by atoms with Crippen molar-refractivity contribution < 1.29 is 19.8 Å². The van der Waals surface area contributed by atoms with Crippen LogP contribution in [-0.4, -0.2) is 27.1 Å². The molecule has 3 aromatic rings. The van der Waals surface area contributed by atoms with Gasteiger partial charge in [0.2, 0.25) is 0 Å². The number of H-pyrrole nitrogens is 1. The molecule has 0 saturated carbocycles. The number of aromatic amines is 1. The van der Waals surface area contributed by atoms with Crippen molar-refractivity contribution in [1.29, 1.82) is 0 Å². The molecule has 7 nitrogen and oxygen atoms in total. The highest BCUT2D eigenvalue weighted by Gasteiger charge is 2.26. The van der Waals surface area contributed by atoms with Crippen molar-refractivity contribution in [2.24, 2.45) is 0 Å². The third-order valence-electron chi connectivity index (χ3n) is 3.70. The fourth-order valence-corrected chi connectivity index (χ4v) is 3.26. The van der Waals surface area contributed by atoms with Crippen LogP contribution in [0.4, 0.5) is 5.82 Å². The van der Waals surface area contributed by atoms with Gasteiger partial charge < -0.3 is 20.9 Å². The lowest BCUT2D eigenvalue weighted by Gasteiger charge is -2.12. The molecule has 0 saturated heterocycles. The van der Waals surface area contributed by atoms with Gasteiger partial charge in [-0.15, -0.1) is 0 Å². The Labute approximate surface area is 145 Å². The third-order valence-corrected chi connectivity index (χ3v) is 4.38. The van der Waals surface area contributed by atoms with E-state index in [0.717, 1.165) is 11.1 Å². The van der Waals surface area contributed by atoms with E-state index in [0.29, 0.717) is 0 Å². The standard InChI is InChI=1S/C17H12N2O5S/c18-14-12(16(21)22)11(13(17(23)24)15(20)19-14)9-3-1-8(2-4-9)10-5-6-25-7-10/h1-7H,(H,21,22)(H,23,24)(H3,18,19,20). The van der Waals surface area contributed by atoms with Crippen molar-refractivity contribution in [2.45, 2.75) is 0 Å². The number of carboxylic acid groups (broad SMARTS) is 2. The smallest absolute Gasteiger partial charge is 0.342 e. The minimum atomic E-state index is -1.53. The van der Waals surface area contributed by atoms with Gasteiger partial charge in [0.25, 0.3) is 5.56 Å². The van der Waals surface area contributed by atoms with Crippen LogP contribution in [0.15, 0.2) is 45.9 Å². The number of benzene rings is 1. The van der Waals surface area contributed by atoms with Gasteiger partial charge in [0.1, 0.15) is 16.9 Å². The van der Waals surface area contributed by atoms with E-state index < -0.39 is 28.6 Å². The van der Waals surface area contributed by atoms with Crippen LogP contribution in [-0.2, 0) is 0 Å². The van der Waals surface area contributed by atoms with Gasteiger partial charge in [0.05, 0.1) is 0 Å². The first-order chi connectivity index (χ1) is 11.9. The summed E-state index contributed by atoms with van der Waals surface area (Å²) < 4.78 is 0. The molecule has 0 amide bonds. The minimum Gasteiger partial charge on any atom is -0.478 e. The molecule has 5 N–H and O–H groups in total. The maximum Gasteiger partial charge on any atom is 0.342 e. The van der Waals surface area contributed by atoms with Crippen LogP contribution in [0.1, 0.15) is 20.7 Å². The lowest BCUT2D eigenvalue weighted by atomic mass is 9.94. The average molecular weight is 356 g/mol. The van der Waals surface area contributed by atoms with Gasteiger partial charge >= 0.3 is 11.9 Å². The fourth-order valence-electron chi connectivity index (χ4n) is 2.59. The van der Waals surface area contributed by atoms with E-state index in [1.807, 2.05) is 16.8 Å². The number of nitrogens with one attached hydrogen (secondary N) is 1. The Hall–Kier alpha value is -3.39.